The maximum Gasteiger partial charge on any atom is 0.231 e. The first-order valence-electron chi connectivity index (χ1n) is 8.08. The molecule has 3 aromatic rings. The van der Waals surface area contributed by atoms with Crippen LogP contribution in [0.4, 0.5) is 0 Å². The van der Waals surface area contributed by atoms with E-state index in [1.807, 2.05) is 48.9 Å². The third kappa shape index (κ3) is 4.08. The van der Waals surface area contributed by atoms with Gasteiger partial charge >= 0.3 is 0 Å². The molecular formula is C18H20N4O3S. The van der Waals surface area contributed by atoms with Crippen LogP contribution in [0.25, 0.3) is 11.4 Å². The van der Waals surface area contributed by atoms with Crippen LogP contribution >= 0.6 is 11.8 Å². The first kappa shape index (κ1) is 18.1. The van der Waals surface area contributed by atoms with E-state index in [2.05, 4.69) is 15.5 Å². The molecule has 1 unspecified atom stereocenters. The lowest BCUT2D eigenvalue weighted by molar-refractivity contribution is -0.119. The maximum absolute atomic E-state index is 12.1. The average Bonchev–Trinajstić information content (AvgIpc) is 3.30. The Kier molecular flexibility index (Phi) is 5.62. The average molecular weight is 372 g/mol. The molecule has 1 aromatic carbocycles. The summed E-state index contributed by atoms with van der Waals surface area (Å²) in [4.78, 5) is 12.1. The third-order valence-corrected chi connectivity index (χ3v) is 4.88. The van der Waals surface area contributed by atoms with E-state index in [1.165, 1.54) is 11.8 Å². The van der Waals surface area contributed by atoms with Crippen LogP contribution in [0.5, 0.6) is 5.75 Å². The summed E-state index contributed by atoms with van der Waals surface area (Å²) < 4.78 is 12.3. The fourth-order valence-electron chi connectivity index (χ4n) is 2.45. The van der Waals surface area contributed by atoms with E-state index in [4.69, 9.17) is 9.15 Å². The van der Waals surface area contributed by atoms with Gasteiger partial charge in [0.25, 0.3) is 0 Å². The number of thioether (sulfide) groups is 1. The van der Waals surface area contributed by atoms with Crippen molar-refractivity contribution >= 4 is 17.7 Å². The second kappa shape index (κ2) is 8.09. The van der Waals surface area contributed by atoms with Gasteiger partial charge in [0, 0.05) is 12.6 Å². The second-order valence-corrected chi connectivity index (χ2v) is 6.63. The summed E-state index contributed by atoms with van der Waals surface area (Å²) in [6.07, 6.45) is 1.59. The zero-order valence-corrected chi connectivity index (χ0v) is 15.6. The highest BCUT2D eigenvalue weighted by atomic mass is 32.2. The van der Waals surface area contributed by atoms with Crippen LogP contribution < -0.4 is 10.1 Å². The van der Waals surface area contributed by atoms with Crippen molar-refractivity contribution in [3.05, 3.63) is 48.4 Å². The summed E-state index contributed by atoms with van der Waals surface area (Å²) in [7, 11) is 3.51. The van der Waals surface area contributed by atoms with Gasteiger partial charge in [0.15, 0.2) is 11.0 Å². The van der Waals surface area contributed by atoms with E-state index in [0.29, 0.717) is 5.16 Å². The van der Waals surface area contributed by atoms with Crippen molar-refractivity contribution < 1.29 is 13.9 Å². The van der Waals surface area contributed by atoms with Crippen molar-refractivity contribution in [3.8, 4) is 17.1 Å². The standard InChI is InChI=1S/C18H20N4O3S/c1-12(15-5-4-10-25-15)19-16(23)11-26-18-21-20-17(22(18)2)13-6-8-14(24-3)9-7-13/h4-10,12H,11H2,1-3H3,(H,19,23). The summed E-state index contributed by atoms with van der Waals surface area (Å²) in [5.74, 6) is 2.41. The molecular weight excluding hydrogens is 352 g/mol. The molecule has 0 radical (unpaired) electrons. The molecule has 7 nitrogen and oxygen atoms in total. The number of hydrogen-bond donors (Lipinski definition) is 1. The third-order valence-electron chi connectivity index (χ3n) is 3.86. The molecule has 8 heteroatoms. The Morgan fingerprint density at radius 3 is 2.73 bits per heavy atom. The highest BCUT2D eigenvalue weighted by molar-refractivity contribution is 7.99. The fraction of sp³-hybridized carbons (Fsp3) is 0.278. The molecule has 0 aliphatic rings. The van der Waals surface area contributed by atoms with Crippen LogP contribution in [-0.4, -0.2) is 33.5 Å². The van der Waals surface area contributed by atoms with Crippen LogP contribution in [0, 0.1) is 0 Å². The number of nitrogens with one attached hydrogen (secondary N) is 1. The number of ether oxygens (including phenoxy) is 1. The summed E-state index contributed by atoms with van der Waals surface area (Å²) in [5.41, 5.74) is 0.934. The van der Waals surface area contributed by atoms with Crippen LogP contribution in [0.2, 0.25) is 0 Å². The van der Waals surface area contributed by atoms with Gasteiger partial charge in [-0.2, -0.15) is 0 Å². The number of furan rings is 1. The maximum atomic E-state index is 12.1. The Balaban J connectivity index is 1.60. The van der Waals surface area contributed by atoms with Gasteiger partial charge in [-0.25, -0.2) is 0 Å². The van der Waals surface area contributed by atoms with Crippen molar-refractivity contribution in [2.75, 3.05) is 12.9 Å². The molecule has 0 fully saturated rings. The van der Waals surface area contributed by atoms with Gasteiger partial charge in [-0.05, 0) is 43.3 Å². The van der Waals surface area contributed by atoms with Crippen LogP contribution in [0.15, 0.2) is 52.2 Å². The SMILES string of the molecule is COc1ccc(-c2nnc(SCC(=O)NC(C)c3ccco3)n2C)cc1. The summed E-state index contributed by atoms with van der Waals surface area (Å²) >= 11 is 1.34. The lowest BCUT2D eigenvalue weighted by Gasteiger charge is -2.11. The molecule has 2 heterocycles. The number of carbonyl (C=O) groups is 1. The number of methoxy groups -OCH3 is 1. The van der Waals surface area contributed by atoms with E-state index in [9.17, 15) is 4.79 Å². The Morgan fingerprint density at radius 2 is 2.08 bits per heavy atom. The van der Waals surface area contributed by atoms with Crippen molar-refractivity contribution in [1.29, 1.82) is 0 Å². The Bertz CT molecular complexity index is 859. The van der Waals surface area contributed by atoms with E-state index in [0.717, 1.165) is 22.9 Å². The van der Waals surface area contributed by atoms with Crippen LogP contribution in [0.3, 0.4) is 0 Å². The monoisotopic (exact) mass is 372 g/mol. The highest BCUT2D eigenvalue weighted by Gasteiger charge is 2.15. The number of nitrogens with zero attached hydrogens (tertiary/aromatic N) is 3. The van der Waals surface area contributed by atoms with E-state index in [1.54, 1.807) is 19.4 Å². The van der Waals surface area contributed by atoms with Crippen molar-refractivity contribution in [2.24, 2.45) is 7.05 Å². The number of carbonyl (C=O) groups excluding carboxylic acids is 1. The zero-order chi connectivity index (χ0) is 18.5. The van der Waals surface area contributed by atoms with Gasteiger partial charge in [0.1, 0.15) is 11.5 Å². The number of amides is 1. The number of rotatable bonds is 7. The number of aromatic nitrogens is 3. The summed E-state index contributed by atoms with van der Waals surface area (Å²) in [6, 6.07) is 11.1. The Labute approximate surface area is 155 Å². The Morgan fingerprint density at radius 1 is 1.31 bits per heavy atom. The minimum atomic E-state index is -0.174. The van der Waals surface area contributed by atoms with Gasteiger partial charge in [0.2, 0.25) is 5.91 Å². The lowest BCUT2D eigenvalue weighted by atomic mass is 10.2. The van der Waals surface area contributed by atoms with Gasteiger partial charge in [-0.3, -0.25) is 4.79 Å². The predicted octanol–water partition coefficient (Wildman–Crippen LogP) is 3.05. The smallest absolute Gasteiger partial charge is 0.231 e. The van der Waals surface area contributed by atoms with Crippen LogP contribution in [0.1, 0.15) is 18.7 Å². The molecule has 0 aliphatic carbocycles. The molecule has 0 saturated heterocycles. The molecule has 2 aromatic heterocycles. The highest BCUT2D eigenvalue weighted by Crippen LogP contribution is 2.24. The second-order valence-electron chi connectivity index (χ2n) is 5.69. The van der Waals surface area contributed by atoms with Crippen LogP contribution in [-0.2, 0) is 11.8 Å². The molecule has 0 spiro atoms. The van der Waals surface area contributed by atoms with Gasteiger partial charge in [-0.15, -0.1) is 10.2 Å². The minimum absolute atomic E-state index is 0.0899. The van der Waals surface area contributed by atoms with Crippen molar-refractivity contribution in [1.82, 2.24) is 20.1 Å². The molecule has 0 saturated carbocycles. The van der Waals surface area contributed by atoms with E-state index < -0.39 is 0 Å². The number of hydrogen-bond acceptors (Lipinski definition) is 6. The Hall–Kier alpha value is -2.74. The molecule has 26 heavy (non-hydrogen) atoms. The van der Waals surface area contributed by atoms with Gasteiger partial charge in [-0.1, -0.05) is 11.8 Å². The summed E-state index contributed by atoms with van der Waals surface area (Å²) in [5, 5.41) is 12.0. The molecule has 0 aliphatic heterocycles. The molecule has 0 bridgehead atoms. The molecule has 1 atom stereocenters. The van der Waals surface area contributed by atoms with Crippen molar-refractivity contribution in [2.45, 2.75) is 18.1 Å². The quantitative estimate of drug-likeness (QED) is 0.642. The normalized spacial score (nSPS) is 12.0. The molecule has 3 rings (SSSR count). The van der Waals surface area contributed by atoms with Gasteiger partial charge in [0.05, 0.1) is 25.2 Å². The lowest BCUT2D eigenvalue weighted by Crippen LogP contribution is -2.28. The number of benzene rings is 1. The summed E-state index contributed by atoms with van der Waals surface area (Å²) in [6.45, 7) is 1.88. The largest absolute Gasteiger partial charge is 0.497 e. The topological polar surface area (TPSA) is 82.2 Å². The first-order chi connectivity index (χ1) is 12.6. The van der Waals surface area contributed by atoms with Gasteiger partial charge < -0.3 is 19.0 Å². The zero-order valence-electron chi connectivity index (χ0n) is 14.8. The molecule has 136 valence electrons. The predicted molar refractivity (Wildman–Crippen MR) is 99.0 cm³/mol. The fourth-order valence-corrected chi connectivity index (χ4v) is 3.18. The molecule has 1 amide bonds. The minimum Gasteiger partial charge on any atom is -0.497 e. The molecule has 1 N–H and O–H groups in total. The van der Waals surface area contributed by atoms with E-state index in [-0.39, 0.29) is 17.7 Å². The first-order valence-corrected chi connectivity index (χ1v) is 9.06. The van der Waals surface area contributed by atoms with Crippen molar-refractivity contribution in [3.63, 3.8) is 0 Å². The van der Waals surface area contributed by atoms with E-state index >= 15 is 0 Å².